The first-order valence-corrected chi connectivity index (χ1v) is 5.36. The molecule has 1 saturated heterocycles. The van der Waals surface area contributed by atoms with E-state index in [0.29, 0.717) is 11.4 Å². The molecule has 5 heteroatoms. The summed E-state index contributed by atoms with van der Waals surface area (Å²) < 4.78 is 0. The molecule has 1 atom stereocenters. The van der Waals surface area contributed by atoms with Crippen molar-refractivity contribution in [2.75, 3.05) is 25.9 Å². The minimum absolute atomic E-state index is 0.0761. The molecule has 1 aromatic rings. The van der Waals surface area contributed by atoms with Gasteiger partial charge < -0.3 is 16.0 Å². The Labute approximate surface area is 94.6 Å². The van der Waals surface area contributed by atoms with Gasteiger partial charge in [0, 0.05) is 18.8 Å². The fourth-order valence-corrected chi connectivity index (χ4v) is 1.86. The second-order valence-electron chi connectivity index (χ2n) is 4.19. The molecule has 0 aliphatic carbocycles. The zero-order valence-corrected chi connectivity index (χ0v) is 9.31. The molecule has 2 heterocycles. The third kappa shape index (κ3) is 2.49. The van der Waals surface area contributed by atoms with Gasteiger partial charge in [-0.2, -0.15) is 0 Å². The Bertz CT molecular complexity index is 376. The third-order valence-corrected chi connectivity index (χ3v) is 2.78. The maximum absolute atomic E-state index is 11.8. The summed E-state index contributed by atoms with van der Waals surface area (Å²) in [7, 11) is 2.05. The fourth-order valence-electron chi connectivity index (χ4n) is 1.86. The van der Waals surface area contributed by atoms with Crippen molar-refractivity contribution in [3.8, 4) is 0 Å². The van der Waals surface area contributed by atoms with Gasteiger partial charge in [-0.25, -0.2) is 4.98 Å². The minimum atomic E-state index is -0.0761. The van der Waals surface area contributed by atoms with Gasteiger partial charge in [-0.3, -0.25) is 4.79 Å². The lowest BCUT2D eigenvalue weighted by Crippen LogP contribution is -2.36. The van der Waals surface area contributed by atoms with Crippen LogP contribution in [-0.4, -0.2) is 42.0 Å². The highest BCUT2D eigenvalue weighted by molar-refractivity contribution is 5.94. The van der Waals surface area contributed by atoms with Gasteiger partial charge in [0.05, 0.1) is 5.56 Å². The Balaban J connectivity index is 1.95. The normalized spacial score (nSPS) is 20.9. The van der Waals surface area contributed by atoms with E-state index in [1.807, 2.05) is 0 Å². The molecule has 1 aliphatic rings. The summed E-state index contributed by atoms with van der Waals surface area (Å²) in [4.78, 5) is 17.9. The smallest absolute Gasteiger partial charge is 0.253 e. The van der Waals surface area contributed by atoms with Crippen molar-refractivity contribution >= 4 is 11.7 Å². The van der Waals surface area contributed by atoms with Crippen molar-refractivity contribution in [2.45, 2.75) is 12.5 Å². The SMILES string of the molecule is CN1CCC(NC(=O)c2ccc(N)nc2)C1. The van der Waals surface area contributed by atoms with E-state index in [-0.39, 0.29) is 11.9 Å². The Morgan fingerprint density at radius 2 is 2.44 bits per heavy atom. The molecule has 0 radical (unpaired) electrons. The average Bonchev–Trinajstić information content (AvgIpc) is 2.65. The predicted octanol–water partition coefficient (Wildman–Crippen LogP) is 0.0977. The van der Waals surface area contributed by atoms with Gasteiger partial charge in [-0.05, 0) is 32.1 Å². The van der Waals surface area contributed by atoms with Crippen LogP contribution in [-0.2, 0) is 0 Å². The molecule has 5 nitrogen and oxygen atoms in total. The van der Waals surface area contributed by atoms with Gasteiger partial charge in [-0.1, -0.05) is 0 Å². The molecule has 1 aromatic heterocycles. The number of nitrogens with two attached hydrogens (primary N) is 1. The summed E-state index contributed by atoms with van der Waals surface area (Å²) in [5, 5.41) is 2.98. The maximum Gasteiger partial charge on any atom is 0.253 e. The van der Waals surface area contributed by atoms with Crippen LogP contribution in [0.5, 0.6) is 0 Å². The van der Waals surface area contributed by atoms with Crippen LogP contribution in [0.3, 0.4) is 0 Å². The monoisotopic (exact) mass is 220 g/mol. The number of nitrogens with one attached hydrogen (secondary N) is 1. The molecule has 1 amide bonds. The Kier molecular flexibility index (Phi) is 3.05. The van der Waals surface area contributed by atoms with E-state index in [1.165, 1.54) is 6.20 Å². The van der Waals surface area contributed by atoms with E-state index >= 15 is 0 Å². The van der Waals surface area contributed by atoms with E-state index in [0.717, 1.165) is 19.5 Å². The van der Waals surface area contributed by atoms with Crippen LogP contribution in [0.1, 0.15) is 16.8 Å². The maximum atomic E-state index is 11.8. The van der Waals surface area contributed by atoms with E-state index < -0.39 is 0 Å². The number of anilines is 1. The molecule has 1 aliphatic heterocycles. The lowest BCUT2D eigenvalue weighted by molar-refractivity contribution is 0.0938. The third-order valence-electron chi connectivity index (χ3n) is 2.78. The van der Waals surface area contributed by atoms with Crippen LogP contribution in [0.15, 0.2) is 18.3 Å². The molecule has 3 N–H and O–H groups in total. The number of likely N-dealkylation sites (tertiary alicyclic amines) is 1. The molecule has 0 bridgehead atoms. The lowest BCUT2D eigenvalue weighted by Gasteiger charge is -2.12. The number of hydrogen-bond acceptors (Lipinski definition) is 4. The van der Waals surface area contributed by atoms with Crippen molar-refractivity contribution in [1.82, 2.24) is 15.2 Å². The number of carbonyl (C=O) groups excluding carboxylic acids is 1. The Hall–Kier alpha value is -1.62. The van der Waals surface area contributed by atoms with Gasteiger partial charge in [0.1, 0.15) is 5.82 Å². The number of aromatic nitrogens is 1. The quantitative estimate of drug-likeness (QED) is 0.741. The van der Waals surface area contributed by atoms with Crippen molar-refractivity contribution < 1.29 is 4.79 Å². The van der Waals surface area contributed by atoms with Crippen molar-refractivity contribution in [1.29, 1.82) is 0 Å². The zero-order chi connectivity index (χ0) is 11.5. The highest BCUT2D eigenvalue weighted by Gasteiger charge is 2.21. The first-order valence-electron chi connectivity index (χ1n) is 5.36. The van der Waals surface area contributed by atoms with Crippen LogP contribution in [0.25, 0.3) is 0 Å². The van der Waals surface area contributed by atoms with Crippen molar-refractivity contribution in [2.24, 2.45) is 0 Å². The van der Waals surface area contributed by atoms with E-state index in [9.17, 15) is 4.79 Å². The highest BCUT2D eigenvalue weighted by Crippen LogP contribution is 2.08. The molecule has 0 aromatic carbocycles. The van der Waals surface area contributed by atoms with Gasteiger partial charge in [0.25, 0.3) is 5.91 Å². The van der Waals surface area contributed by atoms with E-state index in [4.69, 9.17) is 5.73 Å². The molecule has 2 rings (SSSR count). The van der Waals surface area contributed by atoms with Crippen molar-refractivity contribution in [3.05, 3.63) is 23.9 Å². The van der Waals surface area contributed by atoms with Crippen molar-refractivity contribution in [3.63, 3.8) is 0 Å². The standard InChI is InChI=1S/C11H16N4O/c1-15-5-4-9(7-15)14-11(16)8-2-3-10(12)13-6-8/h2-3,6,9H,4-5,7H2,1H3,(H2,12,13)(H,14,16). The Morgan fingerprint density at radius 1 is 1.62 bits per heavy atom. The van der Waals surface area contributed by atoms with Crippen LogP contribution >= 0.6 is 0 Å². The number of amides is 1. The molecule has 1 unspecified atom stereocenters. The summed E-state index contributed by atoms with van der Waals surface area (Å²) in [6.07, 6.45) is 2.51. The first kappa shape index (κ1) is 10.9. The number of likely N-dealkylation sites (N-methyl/N-ethyl adjacent to an activating group) is 1. The topological polar surface area (TPSA) is 71.2 Å². The van der Waals surface area contributed by atoms with Gasteiger partial charge in [-0.15, -0.1) is 0 Å². The number of nitrogen functional groups attached to an aromatic ring is 1. The van der Waals surface area contributed by atoms with Gasteiger partial charge >= 0.3 is 0 Å². The number of pyridine rings is 1. The summed E-state index contributed by atoms with van der Waals surface area (Å²) in [6.45, 7) is 1.94. The molecular formula is C11H16N4O. The van der Waals surface area contributed by atoms with Crippen LogP contribution < -0.4 is 11.1 Å². The number of rotatable bonds is 2. The molecule has 0 spiro atoms. The van der Waals surface area contributed by atoms with E-state index in [1.54, 1.807) is 12.1 Å². The van der Waals surface area contributed by atoms with E-state index in [2.05, 4.69) is 22.2 Å². The second kappa shape index (κ2) is 4.49. The molecule has 16 heavy (non-hydrogen) atoms. The number of hydrogen-bond donors (Lipinski definition) is 2. The Morgan fingerprint density at radius 3 is 3.00 bits per heavy atom. The molecule has 0 saturated carbocycles. The number of carbonyl (C=O) groups is 1. The first-order chi connectivity index (χ1) is 7.65. The minimum Gasteiger partial charge on any atom is -0.384 e. The molecular weight excluding hydrogens is 204 g/mol. The molecule has 86 valence electrons. The molecule has 1 fully saturated rings. The summed E-state index contributed by atoms with van der Waals surface area (Å²) in [5.41, 5.74) is 6.02. The summed E-state index contributed by atoms with van der Waals surface area (Å²) in [6, 6.07) is 3.57. The van der Waals surface area contributed by atoms with Crippen LogP contribution in [0.2, 0.25) is 0 Å². The van der Waals surface area contributed by atoms with Gasteiger partial charge in [0.15, 0.2) is 0 Å². The average molecular weight is 220 g/mol. The number of nitrogens with zero attached hydrogens (tertiary/aromatic N) is 2. The highest BCUT2D eigenvalue weighted by atomic mass is 16.1. The fraction of sp³-hybridized carbons (Fsp3) is 0.455. The zero-order valence-electron chi connectivity index (χ0n) is 9.31. The summed E-state index contributed by atoms with van der Waals surface area (Å²) >= 11 is 0. The second-order valence-corrected chi connectivity index (χ2v) is 4.19. The van der Waals surface area contributed by atoms with Gasteiger partial charge in [0.2, 0.25) is 0 Å². The largest absolute Gasteiger partial charge is 0.384 e. The summed E-state index contributed by atoms with van der Waals surface area (Å²) in [5.74, 6) is 0.352. The predicted molar refractivity (Wildman–Crippen MR) is 62.0 cm³/mol. The van der Waals surface area contributed by atoms with Crippen LogP contribution in [0, 0.1) is 0 Å². The van der Waals surface area contributed by atoms with Crippen LogP contribution in [0.4, 0.5) is 5.82 Å². The lowest BCUT2D eigenvalue weighted by atomic mass is 10.2.